The molecule has 66 heavy (non-hydrogen) atoms. The zero-order valence-electron chi connectivity index (χ0n) is 44.5. The first-order valence-corrected chi connectivity index (χ1v) is 29.5. The van der Waals surface area contributed by atoms with Gasteiger partial charge >= 0.3 is 11.9 Å². The highest BCUT2D eigenvalue weighted by atomic mass is 16.6. The Kier molecular flexibility index (Phi) is 55.8. The van der Waals surface area contributed by atoms with E-state index in [1.165, 1.54) is 250 Å². The second-order valence-electron chi connectivity index (χ2n) is 20.1. The topological polar surface area (TPSA) is 72.8 Å². The molecular weight excluding hydrogens is 813 g/mol. The Morgan fingerprint density at radius 1 is 0.348 bits per heavy atom. The van der Waals surface area contributed by atoms with Crippen LogP contribution in [-0.2, 0) is 19.1 Å². The van der Waals surface area contributed by atoms with Gasteiger partial charge in [-0.2, -0.15) is 0 Å². The van der Waals surface area contributed by atoms with Gasteiger partial charge in [0.05, 0.1) is 6.61 Å². The van der Waals surface area contributed by atoms with Gasteiger partial charge in [0, 0.05) is 12.8 Å². The maximum Gasteiger partial charge on any atom is 0.306 e. The molecule has 0 saturated carbocycles. The van der Waals surface area contributed by atoms with Crippen molar-refractivity contribution in [2.45, 2.75) is 328 Å². The van der Waals surface area contributed by atoms with Crippen molar-refractivity contribution in [2.24, 2.45) is 0 Å². The number of carbonyl (C=O) groups excluding carboxylic acids is 2. The van der Waals surface area contributed by atoms with Crippen molar-refractivity contribution < 1.29 is 24.2 Å². The Labute approximate surface area is 412 Å². The van der Waals surface area contributed by atoms with E-state index in [0.717, 1.165) is 44.9 Å². The molecule has 0 aliphatic carbocycles. The molecule has 0 fully saturated rings. The normalized spacial score (nSPS) is 12.3. The van der Waals surface area contributed by atoms with Gasteiger partial charge in [0.15, 0.2) is 6.10 Å². The van der Waals surface area contributed by atoms with Gasteiger partial charge in [-0.1, -0.05) is 294 Å². The van der Waals surface area contributed by atoms with Crippen molar-refractivity contribution in [3.05, 3.63) is 36.5 Å². The van der Waals surface area contributed by atoms with E-state index in [9.17, 15) is 14.7 Å². The lowest BCUT2D eigenvalue weighted by atomic mass is 10.0. The first-order chi connectivity index (χ1) is 32.6. The van der Waals surface area contributed by atoms with Crippen LogP contribution < -0.4 is 0 Å². The zero-order valence-corrected chi connectivity index (χ0v) is 44.5. The number of esters is 2. The van der Waals surface area contributed by atoms with Gasteiger partial charge in [-0.05, 0) is 51.4 Å². The molecule has 0 aromatic heterocycles. The number of aliphatic hydroxyl groups is 1. The minimum Gasteiger partial charge on any atom is -0.462 e. The molecule has 5 heteroatoms. The smallest absolute Gasteiger partial charge is 0.306 e. The number of hydrogen-bond acceptors (Lipinski definition) is 5. The highest BCUT2D eigenvalue weighted by Gasteiger charge is 2.16. The van der Waals surface area contributed by atoms with E-state index < -0.39 is 6.10 Å². The molecule has 5 nitrogen and oxygen atoms in total. The predicted octanol–water partition coefficient (Wildman–Crippen LogP) is 19.9. The minimum atomic E-state index is -0.769. The van der Waals surface area contributed by atoms with Gasteiger partial charge < -0.3 is 14.6 Å². The van der Waals surface area contributed by atoms with Crippen molar-refractivity contribution in [2.75, 3.05) is 13.2 Å². The Hall–Kier alpha value is -1.88. The van der Waals surface area contributed by atoms with Crippen LogP contribution in [0.2, 0.25) is 0 Å². The van der Waals surface area contributed by atoms with Crippen molar-refractivity contribution in [1.82, 2.24) is 0 Å². The highest BCUT2D eigenvalue weighted by molar-refractivity contribution is 5.70. The van der Waals surface area contributed by atoms with Crippen molar-refractivity contribution >= 4 is 11.9 Å². The van der Waals surface area contributed by atoms with E-state index in [4.69, 9.17) is 9.47 Å². The average molecular weight is 928 g/mol. The lowest BCUT2D eigenvalue weighted by molar-refractivity contribution is -0.161. The molecule has 0 heterocycles. The molecular formula is C61H114O5. The average Bonchev–Trinajstić information content (AvgIpc) is 3.32. The summed E-state index contributed by atoms with van der Waals surface area (Å²) in [5, 5.41) is 9.66. The molecule has 0 spiro atoms. The molecule has 0 aromatic rings. The summed E-state index contributed by atoms with van der Waals surface area (Å²) in [6.07, 6.45) is 74.1. The second kappa shape index (κ2) is 57.4. The van der Waals surface area contributed by atoms with Crippen molar-refractivity contribution in [1.29, 1.82) is 0 Å². The summed E-state index contributed by atoms with van der Waals surface area (Å²) in [6.45, 7) is 4.18. The van der Waals surface area contributed by atoms with Crippen molar-refractivity contribution in [3.8, 4) is 0 Å². The third-order valence-corrected chi connectivity index (χ3v) is 13.4. The van der Waals surface area contributed by atoms with Gasteiger partial charge in [0.25, 0.3) is 0 Å². The van der Waals surface area contributed by atoms with Crippen LogP contribution in [0.5, 0.6) is 0 Å². The summed E-state index contributed by atoms with van der Waals surface area (Å²) in [4.78, 5) is 24.5. The summed E-state index contributed by atoms with van der Waals surface area (Å²) in [5.41, 5.74) is 0. The number of unbranched alkanes of at least 4 members (excludes halogenated alkanes) is 41. The Morgan fingerprint density at radius 3 is 0.909 bits per heavy atom. The first-order valence-electron chi connectivity index (χ1n) is 29.5. The van der Waals surface area contributed by atoms with Gasteiger partial charge in [0.2, 0.25) is 0 Å². The first kappa shape index (κ1) is 64.1. The summed E-state index contributed by atoms with van der Waals surface area (Å²) < 4.78 is 10.7. The molecule has 1 atom stereocenters. The lowest BCUT2D eigenvalue weighted by Gasteiger charge is -2.15. The van der Waals surface area contributed by atoms with Gasteiger partial charge in [0.1, 0.15) is 6.61 Å². The molecule has 1 N–H and O–H groups in total. The predicted molar refractivity (Wildman–Crippen MR) is 288 cm³/mol. The zero-order chi connectivity index (χ0) is 47.7. The van der Waals surface area contributed by atoms with Crippen LogP contribution in [0, 0.1) is 0 Å². The number of rotatable bonds is 55. The van der Waals surface area contributed by atoms with Gasteiger partial charge in [-0.15, -0.1) is 0 Å². The summed E-state index contributed by atoms with van der Waals surface area (Å²) in [7, 11) is 0. The van der Waals surface area contributed by atoms with Crippen LogP contribution in [-0.4, -0.2) is 36.4 Å². The number of hydrogen-bond donors (Lipinski definition) is 1. The summed E-state index contributed by atoms with van der Waals surface area (Å²) in [6, 6.07) is 0. The molecule has 0 amide bonds. The molecule has 0 saturated heterocycles. The molecule has 0 bridgehead atoms. The standard InChI is InChI=1S/C61H114O5/c1-3-5-7-9-11-13-15-17-19-21-23-25-26-27-28-29-30-31-32-33-34-36-38-40-42-44-46-48-50-52-54-56-61(64)66-59(57-62)58-65-60(63)55-53-51-49-47-45-43-41-39-37-35-24-22-20-18-16-14-12-10-8-6-4-2/h15,17,21,23,26-27,59,62H,3-14,16,18-20,22,24-25,28-58H2,1-2H3/b17-15-,23-21-,27-26-. The maximum absolute atomic E-state index is 12.3. The molecule has 0 aliphatic rings. The van der Waals surface area contributed by atoms with Crippen LogP contribution >= 0.6 is 0 Å². The lowest BCUT2D eigenvalue weighted by Crippen LogP contribution is -2.28. The fourth-order valence-corrected chi connectivity index (χ4v) is 8.98. The maximum atomic E-state index is 12.3. The number of ether oxygens (including phenoxy) is 2. The molecule has 0 radical (unpaired) electrons. The molecule has 1 unspecified atom stereocenters. The molecule has 0 aromatic carbocycles. The van der Waals surface area contributed by atoms with Crippen LogP contribution in [0.25, 0.3) is 0 Å². The quantitative estimate of drug-likeness (QED) is 0.0374. The van der Waals surface area contributed by atoms with E-state index in [1.807, 2.05) is 0 Å². The number of aliphatic hydroxyl groups excluding tert-OH is 1. The van der Waals surface area contributed by atoms with E-state index in [1.54, 1.807) is 0 Å². The Morgan fingerprint density at radius 2 is 0.606 bits per heavy atom. The van der Waals surface area contributed by atoms with E-state index in [-0.39, 0.29) is 25.2 Å². The number of carbonyl (C=O) groups is 2. The number of allylic oxidation sites excluding steroid dienone is 6. The van der Waals surface area contributed by atoms with E-state index in [2.05, 4.69) is 50.3 Å². The largest absolute Gasteiger partial charge is 0.462 e. The van der Waals surface area contributed by atoms with Crippen LogP contribution in [0.15, 0.2) is 36.5 Å². The SMILES string of the molecule is CCCCCCC/C=C\C/C=C\C/C=C\CCCCCCCCCCCCCCCCCCC(=O)OC(CO)COC(=O)CCCCCCCCCCCCCCCCCCCCCCC. The second-order valence-corrected chi connectivity index (χ2v) is 20.1. The van der Waals surface area contributed by atoms with Crippen LogP contribution in [0.1, 0.15) is 322 Å². The van der Waals surface area contributed by atoms with E-state index >= 15 is 0 Å². The van der Waals surface area contributed by atoms with Gasteiger partial charge in [-0.3, -0.25) is 9.59 Å². The summed E-state index contributed by atoms with van der Waals surface area (Å²) in [5.74, 6) is -0.571. The molecule has 0 aliphatic heterocycles. The third-order valence-electron chi connectivity index (χ3n) is 13.4. The van der Waals surface area contributed by atoms with Gasteiger partial charge in [-0.25, -0.2) is 0 Å². The monoisotopic (exact) mass is 927 g/mol. The Bertz CT molecular complexity index is 1050. The molecule has 388 valence electrons. The van der Waals surface area contributed by atoms with Crippen molar-refractivity contribution in [3.63, 3.8) is 0 Å². The summed E-state index contributed by atoms with van der Waals surface area (Å²) >= 11 is 0. The minimum absolute atomic E-state index is 0.0600. The molecule has 0 rings (SSSR count). The van der Waals surface area contributed by atoms with E-state index in [0.29, 0.717) is 12.8 Å². The highest BCUT2D eigenvalue weighted by Crippen LogP contribution is 2.17. The van der Waals surface area contributed by atoms with Crippen LogP contribution in [0.4, 0.5) is 0 Å². The third kappa shape index (κ3) is 54.7. The fraction of sp³-hybridized carbons (Fsp3) is 0.869. The fourth-order valence-electron chi connectivity index (χ4n) is 8.98. The van der Waals surface area contributed by atoms with Crippen LogP contribution in [0.3, 0.4) is 0 Å². The Balaban J connectivity index is 3.43.